The van der Waals surface area contributed by atoms with Gasteiger partial charge in [-0.15, -0.1) is 0 Å². The predicted molar refractivity (Wildman–Crippen MR) is 218 cm³/mol. The lowest BCUT2D eigenvalue weighted by atomic mass is 9.73. The average Bonchev–Trinajstić information content (AvgIpc) is 3.69. The van der Waals surface area contributed by atoms with Crippen molar-refractivity contribution in [3.05, 3.63) is 179 Å². The van der Waals surface area contributed by atoms with Gasteiger partial charge in [0.1, 0.15) is 5.37 Å². The van der Waals surface area contributed by atoms with Crippen molar-refractivity contribution in [1.82, 2.24) is 4.90 Å². The first-order valence-electron chi connectivity index (χ1n) is 19.1. The minimum atomic E-state index is -0.0568. The number of fused-ring (bicyclic) bond motifs is 13. The lowest BCUT2D eigenvalue weighted by molar-refractivity contribution is 0.396. The van der Waals surface area contributed by atoms with Crippen LogP contribution < -0.4 is 4.90 Å². The van der Waals surface area contributed by atoms with Crippen molar-refractivity contribution in [3.63, 3.8) is 0 Å². The van der Waals surface area contributed by atoms with E-state index >= 15 is 0 Å². The van der Waals surface area contributed by atoms with Gasteiger partial charge in [0.05, 0.1) is 17.8 Å². The Balaban J connectivity index is 1.17. The predicted octanol–water partition coefficient (Wildman–Crippen LogP) is 12.5. The van der Waals surface area contributed by atoms with Crippen molar-refractivity contribution in [3.8, 4) is 22.3 Å². The number of nitrogens with zero attached hydrogens (tertiary/aromatic N) is 2. The van der Waals surface area contributed by atoms with Gasteiger partial charge in [0, 0.05) is 33.7 Å². The topological polar surface area (TPSA) is 6.48 Å². The molecule has 0 radical (unpaired) electrons. The zero-order valence-electron chi connectivity index (χ0n) is 30.0. The molecule has 5 aromatic rings. The summed E-state index contributed by atoms with van der Waals surface area (Å²) < 4.78 is 0. The number of rotatable bonds is 3. The molecule has 0 saturated carbocycles. The summed E-state index contributed by atoms with van der Waals surface area (Å²) in [6.07, 6.45) is 15.4. The van der Waals surface area contributed by atoms with E-state index in [9.17, 15) is 0 Å². The molecule has 0 fully saturated rings. The van der Waals surface area contributed by atoms with Gasteiger partial charge in [-0.3, -0.25) is 0 Å². The van der Waals surface area contributed by atoms with Crippen molar-refractivity contribution in [2.24, 2.45) is 0 Å². The Hall–Kier alpha value is -4.99. The Morgan fingerprint density at radius 1 is 0.731 bits per heavy atom. The van der Waals surface area contributed by atoms with Crippen LogP contribution in [0.15, 0.2) is 150 Å². The molecule has 0 aromatic heterocycles. The van der Waals surface area contributed by atoms with Crippen molar-refractivity contribution in [1.29, 1.82) is 0 Å². The van der Waals surface area contributed by atoms with Gasteiger partial charge in [0.2, 0.25) is 0 Å². The van der Waals surface area contributed by atoms with Gasteiger partial charge in [-0.05, 0) is 117 Å². The van der Waals surface area contributed by atoms with Crippen LogP contribution in [0.4, 0.5) is 5.69 Å². The molecule has 4 aliphatic heterocycles. The smallest absolute Gasteiger partial charge is 0.106 e. The number of thioether (sulfide) groups is 1. The molecule has 254 valence electrons. The molecule has 4 heterocycles. The summed E-state index contributed by atoms with van der Waals surface area (Å²) in [5, 5.41) is 0.202. The summed E-state index contributed by atoms with van der Waals surface area (Å²) in [5.41, 5.74) is 19.6. The zero-order chi connectivity index (χ0) is 34.7. The van der Waals surface area contributed by atoms with E-state index in [2.05, 4.69) is 170 Å². The fourth-order valence-electron chi connectivity index (χ4n) is 10.4. The van der Waals surface area contributed by atoms with E-state index in [0.29, 0.717) is 12.0 Å². The Morgan fingerprint density at radius 2 is 1.56 bits per heavy atom. The van der Waals surface area contributed by atoms with E-state index in [0.717, 1.165) is 19.3 Å². The summed E-state index contributed by atoms with van der Waals surface area (Å²) in [6, 6.07) is 42.3. The maximum Gasteiger partial charge on any atom is 0.106 e. The van der Waals surface area contributed by atoms with Crippen LogP contribution in [0, 0.1) is 0 Å². The zero-order valence-corrected chi connectivity index (χ0v) is 30.8. The summed E-state index contributed by atoms with van der Waals surface area (Å²) in [6.45, 7) is 7.24. The minimum absolute atomic E-state index is 0.0568. The second-order valence-electron chi connectivity index (χ2n) is 15.8. The van der Waals surface area contributed by atoms with Gasteiger partial charge in [-0.1, -0.05) is 130 Å². The van der Waals surface area contributed by atoms with Crippen molar-refractivity contribution in [2.45, 2.75) is 73.7 Å². The Morgan fingerprint density at radius 3 is 2.44 bits per heavy atom. The van der Waals surface area contributed by atoms with Crippen molar-refractivity contribution < 1.29 is 0 Å². The first-order valence-corrected chi connectivity index (χ1v) is 20.0. The summed E-state index contributed by atoms with van der Waals surface area (Å²) in [5.74, 6) is 0.329. The molecule has 52 heavy (non-hydrogen) atoms. The van der Waals surface area contributed by atoms with Crippen LogP contribution in [0.1, 0.15) is 84.7 Å². The Labute approximate surface area is 311 Å². The van der Waals surface area contributed by atoms with E-state index in [1.165, 1.54) is 83.1 Å². The quantitative estimate of drug-likeness (QED) is 0.186. The number of benzene rings is 5. The van der Waals surface area contributed by atoms with Crippen molar-refractivity contribution >= 4 is 28.7 Å². The van der Waals surface area contributed by atoms with Gasteiger partial charge in [-0.2, -0.15) is 0 Å². The van der Waals surface area contributed by atoms with E-state index in [-0.39, 0.29) is 16.8 Å². The van der Waals surface area contributed by atoms with E-state index in [1.54, 1.807) is 0 Å². The van der Waals surface area contributed by atoms with Crippen LogP contribution in [0.5, 0.6) is 0 Å². The number of hydrogen-bond acceptors (Lipinski definition) is 3. The third-order valence-electron chi connectivity index (χ3n) is 12.9. The van der Waals surface area contributed by atoms with Gasteiger partial charge < -0.3 is 9.80 Å². The molecular weight excluding hydrogens is 649 g/mol. The van der Waals surface area contributed by atoms with Gasteiger partial charge in [0.15, 0.2) is 0 Å². The van der Waals surface area contributed by atoms with Gasteiger partial charge in [-0.25, -0.2) is 0 Å². The maximum absolute atomic E-state index is 2.82. The van der Waals surface area contributed by atoms with E-state index < -0.39 is 0 Å². The molecule has 0 amide bonds. The van der Waals surface area contributed by atoms with Crippen LogP contribution in [0.2, 0.25) is 0 Å². The highest BCUT2D eigenvalue weighted by molar-refractivity contribution is 8.00. The molecule has 3 heteroatoms. The van der Waals surface area contributed by atoms with Gasteiger partial charge in [0.25, 0.3) is 0 Å². The molecule has 4 atom stereocenters. The summed E-state index contributed by atoms with van der Waals surface area (Å²) in [4.78, 5) is 6.87. The average molecular weight is 691 g/mol. The molecule has 0 saturated heterocycles. The SMILES string of the molecule is CCC1c2ccc(-c3ccccc3)cc2C2Sc3ccccc3N2C1C1=CN2C(=CC=C3C=CCCC32)c2cc3c(cc21)-c1ccccc1C3(C)C. The second-order valence-corrected chi connectivity index (χ2v) is 17.0. The molecule has 11 rings (SSSR count). The first kappa shape index (κ1) is 30.6. The number of allylic oxidation sites excluding steroid dienone is 3. The first-order chi connectivity index (χ1) is 25.5. The lowest BCUT2D eigenvalue weighted by Gasteiger charge is -2.49. The fourth-order valence-corrected chi connectivity index (χ4v) is 11.8. The number of anilines is 1. The van der Waals surface area contributed by atoms with Crippen LogP contribution in [0.3, 0.4) is 0 Å². The summed E-state index contributed by atoms with van der Waals surface area (Å²) in [7, 11) is 0. The molecule has 0 N–H and O–H groups in total. The molecule has 6 aliphatic rings. The number of para-hydroxylation sites is 1. The second kappa shape index (κ2) is 11.3. The normalized spacial score (nSPS) is 23.9. The highest BCUT2D eigenvalue weighted by Gasteiger charge is 2.49. The van der Waals surface area contributed by atoms with Crippen molar-refractivity contribution in [2.75, 3.05) is 4.90 Å². The molecule has 2 nitrogen and oxygen atoms in total. The molecule has 2 aliphatic carbocycles. The monoisotopic (exact) mass is 690 g/mol. The molecule has 4 unspecified atom stereocenters. The van der Waals surface area contributed by atoms with Crippen LogP contribution in [-0.2, 0) is 5.41 Å². The van der Waals surface area contributed by atoms with E-state index in [4.69, 9.17) is 0 Å². The third kappa shape index (κ3) is 4.20. The van der Waals surface area contributed by atoms with Crippen LogP contribution in [-0.4, -0.2) is 17.0 Å². The Bertz CT molecular complexity index is 2450. The number of hydrogen-bond donors (Lipinski definition) is 0. The molecular formula is C49H42N2S. The largest absolute Gasteiger partial charge is 0.346 e. The fraction of sp³-hybridized carbons (Fsp3) is 0.224. The molecule has 0 bridgehead atoms. The highest BCUT2D eigenvalue weighted by Crippen LogP contribution is 2.62. The van der Waals surface area contributed by atoms with Gasteiger partial charge >= 0.3 is 0 Å². The molecule has 5 aromatic carbocycles. The van der Waals surface area contributed by atoms with Crippen LogP contribution >= 0.6 is 11.8 Å². The summed E-state index contributed by atoms with van der Waals surface area (Å²) >= 11 is 2.04. The lowest BCUT2D eigenvalue weighted by Crippen LogP contribution is -2.46. The standard InChI is InChI=1S/C49H42N2S/c1-4-33-34-24-22-32(30-14-6-5-7-15-30)26-39(34)48-51(45-20-12-13-21-46(45)52-48)47(33)40-29-50-43-19-11-8-16-31(43)23-25-44(50)38-28-42-37(27-36(38)40)35-17-9-10-18-41(35)49(42,2)3/h5-10,12-18,20-29,33,43,47-48H,4,11,19H2,1-3H3. The maximum atomic E-state index is 2.82. The highest BCUT2D eigenvalue weighted by atomic mass is 32.2. The Kier molecular flexibility index (Phi) is 6.63. The third-order valence-corrected chi connectivity index (χ3v) is 14.2. The van der Waals surface area contributed by atoms with E-state index in [1.807, 2.05) is 11.8 Å². The molecule has 0 spiro atoms. The van der Waals surface area contributed by atoms with Crippen LogP contribution in [0.25, 0.3) is 33.5 Å². The minimum Gasteiger partial charge on any atom is -0.346 e.